The fourth-order valence-corrected chi connectivity index (χ4v) is 5.02. The second kappa shape index (κ2) is 8.27. The monoisotopic (exact) mass is 429 g/mol. The summed E-state index contributed by atoms with van der Waals surface area (Å²) in [5.74, 6) is -0.551. The molecule has 7 nitrogen and oxygen atoms in total. The molecule has 1 aromatic heterocycles. The molecule has 0 saturated heterocycles. The minimum atomic E-state index is -3.81. The van der Waals surface area contributed by atoms with E-state index < -0.39 is 21.7 Å². The Morgan fingerprint density at radius 2 is 2.07 bits per heavy atom. The summed E-state index contributed by atoms with van der Waals surface area (Å²) in [7, 11) is -3.81. The van der Waals surface area contributed by atoms with Gasteiger partial charge in [0.05, 0.1) is 9.79 Å². The smallest absolute Gasteiger partial charge is 0.375 e. The maximum atomic E-state index is 13.5. The van der Waals surface area contributed by atoms with Crippen molar-refractivity contribution in [2.45, 2.75) is 35.0 Å². The normalized spacial score (nSPS) is 16.0. The minimum Gasteiger partial charge on any atom is -0.375 e. The van der Waals surface area contributed by atoms with E-state index in [-0.39, 0.29) is 21.7 Å². The number of carbonyl (C=O) groups excluding carboxylic acids is 1. The molecule has 0 aliphatic heterocycles. The van der Waals surface area contributed by atoms with Crippen molar-refractivity contribution in [1.29, 1.82) is 0 Å². The van der Waals surface area contributed by atoms with Crippen molar-refractivity contribution in [1.82, 2.24) is 15.3 Å². The maximum absolute atomic E-state index is 13.5. The number of fused-ring (bicyclic) bond motifs is 1. The summed E-state index contributed by atoms with van der Waals surface area (Å²) in [4.78, 5) is 18.5. The standard InChI is InChI=1S/C21H20FN3O4S/c22-16-5-2-6-17(12-16)30(27,28)18-7-8-19-14(11-18)3-1-4-15(19)13-25-21(26)29-20-23-9-10-24-20/h2,5-12,15H,1,3-4,13H2,(H,23,24)(H,25,26)/t15-/m0/s1. The van der Waals surface area contributed by atoms with Gasteiger partial charge in [0, 0.05) is 24.9 Å². The lowest BCUT2D eigenvalue weighted by atomic mass is 9.83. The first kappa shape index (κ1) is 20.1. The van der Waals surface area contributed by atoms with E-state index in [2.05, 4.69) is 15.3 Å². The van der Waals surface area contributed by atoms with Gasteiger partial charge in [-0.25, -0.2) is 22.6 Å². The molecule has 0 radical (unpaired) electrons. The summed E-state index contributed by atoms with van der Waals surface area (Å²) < 4.78 is 44.3. The van der Waals surface area contributed by atoms with Gasteiger partial charge < -0.3 is 15.0 Å². The molecule has 1 atom stereocenters. The molecule has 0 spiro atoms. The summed E-state index contributed by atoms with van der Waals surface area (Å²) in [6.45, 7) is 0.364. The Bertz CT molecular complexity index is 1160. The highest BCUT2D eigenvalue weighted by atomic mass is 32.2. The number of sulfone groups is 1. The van der Waals surface area contributed by atoms with Crippen LogP contribution in [-0.4, -0.2) is 31.0 Å². The summed E-state index contributed by atoms with van der Waals surface area (Å²) in [5, 5.41) is 2.73. The van der Waals surface area contributed by atoms with Crippen LogP contribution < -0.4 is 10.1 Å². The van der Waals surface area contributed by atoms with Gasteiger partial charge >= 0.3 is 12.1 Å². The molecule has 1 aliphatic carbocycles. The van der Waals surface area contributed by atoms with Crippen molar-refractivity contribution in [3.63, 3.8) is 0 Å². The van der Waals surface area contributed by atoms with Gasteiger partial charge in [-0.15, -0.1) is 0 Å². The molecule has 2 N–H and O–H groups in total. The SMILES string of the molecule is O=C(NC[C@@H]1CCCc2cc(S(=O)(=O)c3cccc(F)c3)ccc21)Oc1ncc[nH]1. The molecular weight excluding hydrogens is 409 g/mol. The number of nitrogens with zero attached hydrogens (tertiary/aromatic N) is 1. The Hall–Kier alpha value is -3.20. The number of aryl methyl sites for hydroxylation is 1. The average Bonchev–Trinajstić information content (AvgIpc) is 3.24. The van der Waals surface area contributed by atoms with E-state index in [1.54, 1.807) is 24.4 Å². The Morgan fingerprint density at radius 3 is 2.83 bits per heavy atom. The fourth-order valence-electron chi connectivity index (χ4n) is 3.68. The molecule has 4 rings (SSSR count). The molecule has 0 saturated carbocycles. The van der Waals surface area contributed by atoms with Crippen LogP contribution in [0.5, 0.6) is 6.01 Å². The third-order valence-corrected chi connectivity index (χ3v) is 6.87. The second-order valence-electron chi connectivity index (χ2n) is 7.08. The third-order valence-electron chi connectivity index (χ3n) is 5.12. The topological polar surface area (TPSA) is 101 Å². The van der Waals surface area contributed by atoms with Crippen molar-refractivity contribution >= 4 is 15.9 Å². The van der Waals surface area contributed by atoms with Crippen LogP contribution in [0, 0.1) is 5.82 Å². The van der Waals surface area contributed by atoms with Crippen molar-refractivity contribution in [2.75, 3.05) is 6.54 Å². The van der Waals surface area contributed by atoms with Gasteiger partial charge in [-0.05, 0) is 60.7 Å². The van der Waals surface area contributed by atoms with E-state index in [0.29, 0.717) is 6.54 Å². The summed E-state index contributed by atoms with van der Waals surface area (Å²) in [6, 6.07) is 10.1. The highest BCUT2D eigenvalue weighted by Gasteiger charge is 2.25. The highest BCUT2D eigenvalue weighted by molar-refractivity contribution is 7.91. The number of hydrogen-bond acceptors (Lipinski definition) is 5. The summed E-state index contributed by atoms with van der Waals surface area (Å²) in [5.41, 5.74) is 1.92. The first-order valence-electron chi connectivity index (χ1n) is 9.52. The Morgan fingerprint density at radius 1 is 1.23 bits per heavy atom. The van der Waals surface area contributed by atoms with Gasteiger partial charge in [-0.2, -0.15) is 0 Å². The first-order chi connectivity index (χ1) is 14.4. The number of benzene rings is 2. The lowest BCUT2D eigenvalue weighted by Crippen LogP contribution is -2.32. The predicted molar refractivity (Wildman–Crippen MR) is 107 cm³/mol. The van der Waals surface area contributed by atoms with Gasteiger partial charge in [-0.1, -0.05) is 12.1 Å². The van der Waals surface area contributed by atoms with Gasteiger partial charge in [-0.3, -0.25) is 0 Å². The van der Waals surface area contributed by atoms with E-state index in [1.807, 2.05) is 0 Å². The van der Waals surface area contributed by atoms with Crippen LogP contribution in [-0.2, 0) is 16.3 Å². The Labute approximate surface area is 173 Å². The number of carbonyl (C=O) groups is 1. The molecule has 9 heteroatoms. The quantitative estimate of drug-likeness (QED) is 0.646. The number of amides is 1. The number of halogens is 1. The molecule has 1 heterocycles. The molecular formula is C21H20FN3O4S. The second-order valence-corrected chi connectivity index (χ2v) is 9.03. The number of hydrogen-bond donors (Lipinski definition) is 2. The fraction of sp³-hybridized carbons (Fsp3) is 0.238. The Kier molecular flexibility index (Phi) is 5.54. The summed E-state index contributed by atoms with van der Waals surface area (Å²) in [6.07, 6.45) is 4.91. The minimum absolute atomic E-state index is 0.0452. The maximum Gasteiger partial charge on any atom is 0.415 e. The number of nitrogens with one attached hydrogen (secondary N) is 2. The van der Waals surface area contributed by atoms with E-state index in [0.717, 1.165) is 36.5 Å². The third kappa shape index (κ3) is 4.20. The van der Waals surface area contributed by atoms with Crippen molar-refractivity contribution in [3.8, 4) is 6.01 Å². The van der Waals surface area contributed by atoms with Crippen molar-refractivity contribution < 1.29 is 22.3 Å². The van der Waals surface area contributed by atoms with Gasteiger partial charge in [0.1, 0.15) is 5.82 Å². The van der Waals surface area contributed by atoms with Crippen molar-refractivity contribution in [3.05, 3.63) is 71.8 Å². The number of imidazole rings is 1. The van der Waals surface area contributed by atoms with Gasteiger partial charge in [0.25, 0.3) is 0 Å². The highest BCUT2D eigenvalue weighted by Crippen LogP contribution is 2.34. The van der Waals surface area contributed by atoms with Crippen molar-refractivity contribution in [2.24, 2.45) is 0 Å². The molecule has 2 aromatic carbocycles. The zero-order valence-electron chi connectivity index (χ0n) is 16.0. The van der Waals surface area contributed by atoms with Crippen LogP contribution in [0.2, 0.25) is 0 Å². The van der Waals surface area contributed by atoms with Crippen LogP contribution in [0.3, 0.4) is 0 Å². The van der Waals surface area contributed by atoms with Crippen LogP contribution in [0.4, 0.5) is 9.18 Å². The predicted octanol–water partition coefficient (Wildman–Crippen LogP) is 3.59. The number of aromatic nitrogens is 2. The van der Waals surface area contributed by atoms with Gasteiger partial charge in [0.2, 0.25) is 9.84 Å². The van der Waals surface area contributed by atoms with Crippen LogP contribution in [0.25, 0.3) is 0 Å². The molecule has 0 fully saturated rings. The molecule has 0 unspecified atom stereocenters. The Balaban J connectivity index is 1.50. The lowest BCUT2D eigenvalue weighted by molar-refractivity contribution is 0.196. The van der Waals surface area contributed by atoms with E-state index in [9.17, 15) is 17.6 Å². The van der Waals surface area contributed by atoms with Crippen LogP contribution in [0.15, 0.2) is 64.6 Å². The molecule has 0 bridgehead atoms. The zero-order valence-corrected chi connectivity index (χ0v) is 16.8. The molecule has 1 amide bonds. The molecule has 156 valence electrons. The lowest BCUT2D eigenvalue weighted by Gasteiger charge is -2.26. The van der Waals surface area contributed by atoms with Crippen LogP contribution in [0.1, 0.15) is 29.9 Å². The van der Waals surface area contributed by atoms with Crippen LogP contribution >= 0.6 is 0 Å². The number of ether oxygens (including phenoxy) is 1. The number of H-pyrrole nitrogens is 1. The largest absolute Gasteiger partial charge is 0.415 e. The van der Waals surface area contributed by atoms with Gasteiger partial charge in [0.15, 0.2) is 0 Å². The molecule has 1 aliphatic rings. The first-order valence-corrected chi connectivity index (χ1v) is 11.0. The molecule has 3 aromatic rings. The average molecular weight is 429 g/mol. The zero-order chi connectivity index (χ0) is 21.1. The van der Waals surface area contributed by atoms with E-state index >= 15 is 0 Å². The number of rotatable bonds is 5. The molecule has 30 heavy (non-hydrogen) atoms. The number of aromatic amines is 1. The van der Waals surface area contributed by atoms with E-state index in [4.69, 9.17) is 4.74 Å². The summed E-state index contributed by atoms with van der Waals surface area (Å²) >= 11 is 0. The van der Waals surface area contributed by atoms with E-state index in [1.165, 1.54) is 24.4 Å².